The van der Waals surface area contributed by atoms with Gasteiger partial charge in [0.05, 0.1) is 28.7 Å². The molecular formula is C15H21N3OS. The lowest BCUT2D eigenvalue weighted by atomic mass is 9.96. The largest absolute Gasteiger partial charge is 0.496 e. The third-order valence-corrected chi connectivity index (χ3v) is 4.51. The van der Waals surface area contributed by atoms with E-state index in [0.717, 1.165) is 32.5 Å². The topological polar surface area (TPSA) is 60.2 Å². The number of nitrogens with two attached hydrogens (primary N) is 1. The molecule has 20 heavy (non-hydrogen) atoms. The van der Waals surface area contributed by atoms with Crippen LogP contribution in [0.15, 0.2) is 12.1 Å². The number of hydrogen-bond donors (Lipinski definition) is 2. The molecule has 1 aromatic heterocycles. The van der Waals surface area contributed by atoms with Gasteiger partial charge in [-0.25, -0.2) is 10.4 Å². The number of aromatic nitrogens is 1. The van der Waals surface area contributed by atoms with E-state index < -0.39 is 0 Å². The van der Waals surface area contributed by atoms with Crippen molar-refractivity contribution in [1.82, 2.24) is 10.4 Å². The third-order valence-electron chi connectivity index (χ3n) is 3.37. The Morgan fingerprint density at radius 3 is 2.45 bits per heavy atom. The maximum atomic E-state index is 5.82. The molecule has 5 heteroatoms. The van der Waals surface area contributed by atoms with Gasteiger partial charge in [0.25, 0.3) is 0 Å². The standard InChI is InChI=1S/C15H21N3OS/c1-8-6-9(2)13(12(7-8)19-5)14(18-16)15-10(3)17-11(4)20-15/h6-7,14,18H,16H2,1-5H3. The number of hydrogen-bond acceptors (Lipinski definition) is 5. The van der Waals surface area contributed by atoms with Gasteiger partial charge in [0.2, 0.25) is 0 Å². The Hall–Kier alpha value is -1.43. The van der Waals surface area contributed by atoms with Crippen LogP contribution in [0.4, 0.5) is 0 Å². The second-order valence-corrected chi connectivity index (χ2v) is 6.21. The van der Waals surface area contributed by atoms with Crippen molar-refractivity contribution < 1.29 is 4.74 Å². The van der Waals surface area contributed by atoms with Crippen LogP contribution in [0, 0.1) is 27.7 Å². The highest BCUT2D eigenvalue weighted by molar-refractivity contribution is 7.11. The minimum Gasteiger partial charge on any atom is -0.496 e. The molecule has 0 amide bonds. The van der Waals surface area contributed by atoms with Gasteiger partial charge in [-0.05, 0) is 44.9 Å². The van der Waals surface area contributed by atoms with Gasteiger partial charge in [0, 0.05) is 5.56 Å². The lowest BCUT2D eigenvalue weighted by Gasteiger charge is -2.21. The van der Waals surface area contributed by atoms with Crippen LogP contribution in [-0.4, -0.2) is 12.1 Å². The molecule has 1 unspecified atom stereocenters. The molecule has 0 bridgehead atoms. The van der Waals surface area contributed by atoms with Crippen molar-refractivity contribution in [2.24, 2.45) is 5.84 Å². The van der Waals surface area contributed by atoms with Gasteiger partial charge in [-0.3, -0.25) is 5.84 Å². The highest BCUT2D eigenvalue weighted by atomic mass is 32.1. The quantitative estimate of drug-likeness (QED) is 0.671. The van der Waals surface area contributed by atoms with Crippen LogP contribution in [0.1, 0.15) is 38.3 Å². The lowest BCUT2D eigenvalue weighted by Crippen LogP contribution is -2.29. The van der Waals surface area contributed by atoms with Gasteiger partial charge < -0.3 is 4.74 Å². The first-order valence-electron chi connectivity index (χ1n) is 6.53. The first-order chi connectivity index (χ1) is 9.47. The van der Waals surface area contributed by atoms with E-state index in [9.17, 15) is 0 Å². The Balaban J connectivity index is 2.60. The number of nitrogens with zero attached hydrogens (tertiary/aromatic N) is 1. The highest BCUT2D eigenvalue weighted by Gasteiger charge is 2.23. The number of thiazole rings is 1. The SMILES string of the molecule is COc1cc(C)cc(C)c1C(NN)c1sc(C)nc1C. The summed E-state index contributed by atoms with van der Waals surface area (Å²) in [5.41, 5.74) is 7.34. The number of hydrazine groups is 1. The maximum Gasteiger partial charge on any atom is 0.124 e. The molecule has 108 valence electrons. The zero-order chi connectivity index (χ0) is 14.9. The Kier molecular flexibility index (Phi) is 4.42. The summed E-state index contributed by atoms with van der Waals surface area (Å²) in [4.78, 5) is 5.62. The fourth-order valence-corrected chi connectivity index (χ4v) is 3.58. The van der Waals surface area contributed by atoms with Gasteiger partial charge >= 0.3 is 0 Å². The molecule has 0 aliphatic rings. The van der Waals surface area contributed by atoms with Gasteiger partial charge in [0.15, 0.2) is 0 Å². The number of nitrogens with one attached hydrogen (secondary N) is 1. The van der Waals surface area contributed by atoms with Crippen molar-refractivity contribution in [3.8, 4) is 5.75 Å². The number of aryl methyl sites for hydroxylation is 4. The average molecular weight is 291 g/mol. The molecule has 4 nitrogen and oxygen atoms in total. The summed E-state index contributed by atoms with van der Waals surface area (Å²) >= 11 is 1.66. The Morgan fingerprint density at radius 2 is 1.95 bits per heavy atom. The van der Waals surface area contributed by atoms with Crippen molar-refractivity contribution in [2.45, 2.75) is 33.7 Å². The molecule has 0 radical (unpaired) electrons. The van der Waals surface area contributed by atoms with Crippen molar-refractivity contribution in [3.63, 3.8) is 0 Å². The molecule has 0 aliphatic carbocycles. The van der Waals surface area contributed by atoms with Crippen molar-refractivity contribution >= 4 is 11.3 Å². The van der Waals surface area contributed by atoms with Crippen LogP contribution in [0.5, 0.6) is 5.75 Å². The monoisotopic (exact) mass is 291 g/mol. The summed E-state index contributed by atoms with van der Waals surface area (Å²) in [7, 11) is 1.69. The summed E-state index contributed by atoms with van der Waals surface area (Å²) in [5, 5.41) is 1.04. The van der Waals surface area contributed by atoms with Crippen LogP contribution in [0.3, 0.4) is 0 Å². The van der Waals surface area contributed by atoms with Gasteiger partial charge in [-0.15, -0.1) is 11.3 Å². The second kappa shape index (κ2) is 5.91. The summed E-state index contributed by atoms with van der Waals surface area (Å²) in [6.45, 7) is 8.16. The molecule has 1 atom stereocenters. The van der Waals surface area contributed by atoms with Gasteiger partial charge in [-0.1, -0.05) is 6.07 Å². The molecule has 0 fully saturated rings. The Morgan fingerprint density at radius 1 is 1.25 bits per heavy atom. The lowest BCUT2D eigenvalue weighted by molar-refractivity contribution is 0.403. The molecule has 0 aliphatic heterocycles. The summed E-state index contributed by atoms with van der Waals surface area (Å²) in [6, 6.07) is 4.08. The molecule has 0 saturated carbocycles. The van der Waals surface area contributed by atoms with Crippen LogP contribution >= 0.6 is 11.3 Å². The van der Waals surface area contributed by atoms with Crippen molar-refractivity contribution in [1.29, 1.82) is 0 Å². The zero-order valence-electron chi connectivity index (χ0n) is 12.6. The van der Waals surface area contributed by atoms with E-state index in [0.29, 0.717) is 0 Å². The van der Waals surface area contributed by atoms with E-state index in [1.165, 1.54) is 5.56 Å². The molecule has 2 rings (SSSR count). The fourth-order valence-electron chi connectivity index (χ4n) is 2.58. The first kappa shape index (κ1) is 15.0. The minimum absolute atomic E-state index is 0.100. The fraction of sp³-hybridized carbons (Fsp3) is 0.400. The van der Waals surface area contributed by atoms with E-state index in [2.05, 4.69) is 30.3 Å². The van der Waals surface area contributed by atoms with E-state index >= 15 is 0 Å². The predicted octanol–water partition coefficient (Wildman–Crippen LogP) is 2.94. The minimum atomic E-state index is -0.100. The van der Waals surface area contributed by atoms with E-state index in [-0.39, 0.29) is 6.04 Å². The van der Waals surface area contributed by atoms with Gasteiger partial charge in [0.1, 0.15) is 5.75 Å². The summed E-state index contributed by atoms with van der Waals surface area (Å²) in [5.74, 6) is 6.68. The molecule has 0 saturated heterocycles. The van der Waals surface area contributed by atoms with E-state index in [4.69, 9.17) is 10.6 Å². The molecule has 1 aromatic carbocycles. The highest BCUT2D eigenvalue weighted by Crippen LogP contribution is 2.36. The number of ether oxygens (including phenoxy) is 1. The molecule has 3 N–H and O–H groups in total. The maximum absolute atomic E-state index is 5.82. The second-order valence-electron chi connectivity index (χ2n) is 4.98. The van der Waals surface area contributed by atoms with Crippen molar-refractivity contribution in [2.75, 3.05) is 7.11 Å². The average Bonchev–Trinajstić information content (AvgIpc) is 2.71. The number of benzene rings is 1. The smallest absolute Gasteiger partial charge is 0.124 e. The Bertz CT molecular complexity index is 622. The van der Waals surface area contributed by atoms with E-state index in [1.54, 1.807) is 18.4 Å². The molecule has 2 aromatic rings. The summed E-state index contributed by atoms with van der Waals surface area (Å²) < 4.78 is 5.55. The first-order valence-corrected chi connectivity index (χ1v) is 7.34. The normalized spacial score (nSPS) is 12.5. The van der Waals surface area contributed by atoms with Crippen LogP contribution in [0.25, 0.3) is 0 Å². The Labute approximate surface area is 124 Å². The van der Waals surface area contributed by atoms with Crippen molar-refractivity contribution in [3.05, 3.63) is 44.4 Å². The molecule has 1 heterocycles. The molecule has 0 spiro atoms. The number of rotatable bonds is 4. The van der Waals surface area contributed by atoms with Crippen LogP contribution < -0.4 is 16.0 Å². The van der Waals surface area contributed by atoms with E-state index in [1.807, 2.05) is 19.9 Å². The van der Waals surface area contributed by atoms with Crippen LogP contribution in [0.2, 0.25) is 0 Å². The van der Waals surface area contributed by atoms with Crippen LogP contribution in [-0.2, 0) is 0 Å². The zero-order valence-corrected chi connectivity index (χ0v) is 13.4. The number of methoxy groups -OCH3 is 1. The predicted molar refractivity (Wildman–Crippen MR) is 83.2 cm³/mol. The van der Waals surface area contributed by atoms with Gasteiger partial charge in [-0.2, -0.15) is 0 Å². The molecular weight excluding hydrogens is 270 g/mol. The summed E-state index contributed by atoms with van der Waals surface area (Å²) in [6.07, 6.45) is 0. The third kappa shape index (κ3) is 2.70.